The highest BCUT2D eigenvalue weighted by molar-refractivity contribution is 5.78. The summed E-state index contributed by atoms with van der Waals surface area (Å²) in [5.41, 5.74) is 4.38. The molecule has 3 rings (SSSR count). The summed E-state index contributed by atoms with van der Waals surface area (Å²) in [6, 6.07) is 23.9. The molecular formula is C26H31N2O3+. The maximum atomic E-state index is 12.9. The van der Waals surface area contributed by atoms with Crippen LogP contribution >= 0.6 is 0 Å². The van der Waals surface area contributed by atoms with Gasteiger partial charge < -0.3 is 19.7 Å². The first-order chi connectivity index (χ1) is 15.0. The van der Waals surface area contributed by atoms with Gasteiger partial charge in [0.05, 0.1) is 27.3 Å². The van der Waals surface area contributed by atoms with Crippen molar-refractivity contribution < 1.29 is 19.2 Å². The Morgan fingerprint density at radius 1 is 0.903 bits per heavy atom. The summed E-state index contributed by atoms with van der Waals surface area (Å²) in [5, 5.41) is 3.22. The standard InChI is InChI=1S/C26H30N2O3/c1-19-15-23(30-3)24(31-4)16-22(19)17-28(2)18-25(29)27-26(20-11-7-5-8-12-20)21-13-9-6-10-14-21/h5-16,26H,17-18H2,1-4H3,(H,27,29)/p+1. The van der Waals surface area contributed by atoms with E-state index in [1.54, 1.807) is 14.2 Å². The van der Waals surface area contributed by atoms with E-state index in [4.69, 9.17) is 9.47 Å². The van der Waals surface area contributed by atoms with Crippen LogP contribution in [0, 0.1) is 6.92 Å². The van der Waals surface area contributed by atoms with Crippen molar-refractivity contribution in [2.75, 3.05) is 27.8 Å². The molecule has 1 amide bonds. The zero-order valence-corrected chi connectivity index (χ0v) is 18.6. The quantitative estimate of drug-likeness (QED) is 0.561. The summed E-state index contributed by atoms with van der Waals surface area (Å²) in [7, 11) is 5.29. The van der Waals surface area contributed by atoms with Crippen molar-refractivity contribution in [2.24, 2.45) is 0 Å². The van der Waals surface area contributed by atoms with Crippen LogP contribution in [0.5, 0.6) is 11.5 Å². The van der Waals surface area contributed by atoms with Crippen molar-refractivity contribution in [3.8, 4) is 11.5 Å². The van der Waals surface area contributed by atoms with E-state index in [2.05, 4.69) is 5.32 Å². The first kappa shape index (κ1) is 22.4. The third-order valence-corrected chi connectivity index (χ3v) is 5.37. The van der Waals surface area contributed by atoms with E-state index >= 15 is 0 Å². The van der Waals surface area contributed by atoms with Gasteiger partial charge in [-0.05, 0) is 35.7 Å². The predicted molar refractivity (Wildman–Crippen MR) is 123 cm³/mol. The maximum absolute atomic E-state index is 12.9. The number of quaternary nitrogens is 1. The number of carbonyl (C=O) groups excluding carboxylic acids is 1. The Balaban J connectivity index is 1.70. The monoisotopic (exact) mass is 419 g/mol. The van der Waals surface area contributed by atoms with Gasteiger partial charge in [-0.15, -0.1) is 0 Å². The van der Waals surface area contributed by atoms with E-state index in [-0.39, 0.29) is 11.9 Å². The zero-order valence-electron chi connectivity index (χ0n) is 18.6. The Labute approximate surface area is 184 Å². The fourth-order valence-corrected chi connectivity index (χ4v) is 3.74. The highest BCUT2D eigenvalue weighted by Gasteiger charge is 2.20. The van der Waals surface area contributed by atoms with Gasteiger partial charge in [-0.1, -0.05) is 60.7 Å². The van der Waals surface area contributed by atoms with E-state index in [0.717, 1.165) is 27.2 Å². The number of ether oxygens (including phenoxy) is 2. The Morgan fingerprint density at radius 2 is 1.42 bits per heavy atom. The molecule has 2 N–H and O–H groups in total. The molecule has 0 fully saturated rings. The van der Waals surface area contributed by atoms with Gasteiger partial charge in [-0.25, -0.2) is 0 Å². The van der Waals surface area contributed by atoms with Crippen molar-refractivity contribution in [2.45, 2.75) is 19.5 Å². The molecule has 1 atom stereocenters. The van der Waals surface area contributed by atoms with Gasteiger partial charge in [-0.3, -0.25) is 4.79 Å². The number of aryl methyl sites for hydroxylation is 1. The Hall–Kier alpha value is -3.31. The van der Waals surface area contributed by atoms with Crippen LogP contribution < -0.4 is 19.7 Å². The van der Waals surface area contributed by atoms with E-state index in [0.29, 0.717) is 24.6 Å². The molecule has 0 spiro atoms. The number of likely N-dealkylation sites (N-methyl/N-ethyl adjacent to an activating group) is 1. The molecule has 3 aromatic carbocycles. The zero-order chi connectivity index (χ0) is 22.2. The van der Waals surface area contributed by atoms with Gasteiger partial charge in [0.2, 0.25) is 0 Å². The Morgan fingerprint density at radius 3 is 1.94 bits per heavy atom. The van der Waals surface area contributed by atoms with Gasteiger partial charge in [0.25, 0.3) is 5.91 Å². The topological polar surface area (TPSA) is 52.0 Å². The second-order valence-electron chi connectivity index (χ2n) is 7.77. The number of nitrogens with one attached hydrogen (secondary N) is 2. The third-order valence-electron chi connectivity index (χ3n) is 5.37. The van der Waals surface area contributed by atoms with Crippen molar-refractivity contribution >= 4 is 5.91 Å². The van der Waals surface area contributed by atoms with E-state index in [9.17, 15) is 4.79 Å². The molecule has 0 saturated carbocycles. The van der Waals surface area contributed by atoms with E-state index in [1.165, 1.54) is 0 Å². The smallest absolute Gasteiger partial charge is 0.275 e. The van der Waals surface area contributed by atoms with E-state index in [1.807, 2.05) is 86.8 Å². The van der Waals surface area contributed by atoms with Crippen molar-refractivity contribution in [3.05, 3.63) is 95.1 Å². The summed E-state index contributed by atoms with van der Waals surface area (Å²) in [6.45, 7) is 3.12. The molecule has 0 aliphatic carbocycles. The molecular weight excluding hydrogens is 388 g/mol. The lowest BCUT2D eigenvalue weighted by Gasteiger charge is -2.22. The second kappa shape index (κ2) is 10.6. The molecule has 0 heterocycles. The molecule has 0 aromatic heterocycles. The minimum absolute atomic E-state index is 0.00772. The summed E-state index contributed by atoms with van der Waals surface area (Å²) < 4.78 is 10.8. The van der Waals surface area contributed by atoms with Crippen LogP contribution in [0.15, 0.2) is 72.8 Å². The first-order valence-corrected chi connectivity index (χ1v) is 10.4. The van der Waals surface area contributed by atoms with Crippen LogP contribution in [0.1, 0.15) is 28.3 Å². The van der Waals surface area contributed by atoms with E-state index < -0.39 is 0 Å². The lowest BCUT2D eigenvalue weighted by molar-refractivity contribution is -0.885. The molecule has 0 aliphatic rings. The fourth-order valence-electron chi connectivity index (χ4n) is 3.74. The molecule has 31 heavy (non-hydrogen) atoms. The van der Waals surface area contributed by atoms with Crippen LogP contribution in [0.4, 0.5) is 0 Å². The van der Waals surface area contributed by atoms with Crippen LogP contribution in [0.25, 0.3) is 0 Å². The molecule has 0 saturated heterocycles. The normalized spacial score (nSPS) is 11.8. The SMILES string of the molecule is COc1cc(C)c(C[NH+](C)CC(=O)NC(c2ccccc2)c2ccccc2)cc1OC. The Bertz CT molecular complexity index is 951. The lowest BCUT2D eigenvalue weighted by Crippen LogP contribution is -3.09. The molecule has 5 nitrogen and oxygen atoms in total. The second-order valence-corrected chi connectivity index (χ2v) is 7.77. The number of hydrogen-bond acceptors (Lipinski definition) is 3. The highest BCUT2D eigenvalue weighted by atomic mass is 16.5. The van der Waals surface area contributed by atoms with Gasteiger partial charge in [0, 0.05) is 5.56 Å². The highest BCUT2D eigenvalue weighted by Crippen LogP contribution is 2.30. The van der Waals surface area contributed by atoms with Gasteiger partial charge in [0.1, 0.15) is 6.54 Å². The van der Waals surface area contributed by atoms with Crippen LogP contribution in [-0.4, -0.2) is 33.7 Å². The number of methoxy groups -OCH3 is 2. The predicted octanol–water partition coefficient (Wildman–Crippen LogP) is 2.93. The largest absolute Gasteiger partial charge is 0.493 e. The van der Waals surface area contributed by atoms with Gasteiger partial charge in [0.15, 0.2) is 18.0 Å². The number of rotatable bonds is 9. The number of hydrogen-bond donors (Lipinski definition) is 2. The minimum atomic E-state index is -0.175. The molecule has 162 valence electrons. The molecule has 0 bridgehead atoms. The average Bonchev–Trinajstić information content (AvgIpc) is 2.79. The maximum Gasteiger partial charge on any atom is 0.275 e. The van der Waals surface area contributed by atoms with Gasteiger partial charge in [-0.2, -0.15) is 0 Å². The summed E-state index contributed by atoms with van der Waals surface area (Å²) in [6.07, 6.45) is 0. The van der Waals surface area contributed by atoms with Gasteiger partial charge >= 0.3 is 0 Å². The number of benzene rings is 3. The average molecular weight is 420 g/mol. The Kier molecular flexibility index (Phi) is 7.68. The molecule has 0 aliphatic heterocycles. The minimum Gasteiger partial charge on any atom is -0.493 e. The lowest BCUT2D eigenvalue weighted by atomic mass is 9.99. The van der Waals surface area contributed by atoms with Crippen molar-refractivity contribution in [1.82, 2.24) is 5.32 Å². The number of carbonyl (C=O) groups is 1. The first-order valence-electron chi connectivity index (χ1n) is 10.4. The molecule has 3 aromatic rings. The van der Waals surface area contributed by atoms with Crippen LogP contribution in [0.3, 0.4) is 0 Å². The summed E-state index contributed by atoms with van der Waals surface area (Å²) in [5.74, 6) is 1.43. The van der Waals surface area contributed by atoms with Crippen molar-refractivity contribution in [1.29, 1.82) is 0 Å². The summed E-state index contributed by atoms with van der Waals surface area (Å²) in [4.78, 5) is 14.0. The summed E-state index contributed by atoms with van der Waals surface area (Å²) >= 11 is 0. The van der Waals surface area contributed by atoms with Crippen LogP contribution in [-0.2, 0) is 11.3 Å². The van der Waals surface area contributed by atoms with Crippen molar-refractivity contribution in [3.63, 3.8) is 0 Å². The molecule has 5 heteroatoms. The molecule has 0 radical (unpaired) electrons. The molecule has 1 unspecified atom stereocenters. The number of amides is 1. The fraction of sp³-hybridized carbons (Fsp3) is 0.269. The van der Waals surface area contributed by atoms with Crippen LogP contribution in [0.2, 0.25) is 0 Å². The third kappa shape index (κ3) is 5.86.